The zero-order chi connectivity index (χ0) is 53.9. The Labute approximate surface area is 474 Å². The Balaban J connectivity index is 0.00000722. The molecule has 6 fully saturated rings. The van der Waals surface area contributed by atoms with Gasteiger partial charge in [-0.3, -0.25) is 19.6 Å². The van der Waals surface area contributed by atoms with E-state index in [1.807, 2.05) is 50.2 Å². The third kappa shape index (κ3) is 11.1. The number of aliphatic hydroxyl groups is 2. The number of hydrogen-bond acceptors (Lipinski definition) is 8. The Hall–Kier alpha value is -3.35. The van der Waals surface area contributed by atoms with Gasteiger partial charge in [0, 0.05) is 66.6 Å². The molecule has 10 unspecified atom stereocenters. The fourth-order valence-electron chi connectivity index (χ4n) is 19.6. The summed E-state index contributed by atoms with van der Waals surface area (Å²) in [6.07, 6.45) is 28.8. The maximum absolute atomic E-state index is 14.6. The number of ketones is 2. The van der Waals surface area contributed by atoms with Crippen LogP contribution in [0.5, 0.6) is 11.5 Å². The fraction of sp³-hybridized carbons (Fsp3) is 0.706. The smallest absolute Gasteiger partial charge is 0.135 e. The summed E-state index contributed by atoms with van der Waals surface area (Å²) in [6, 6.07) is 9.89. The van der Waals surface area contributed by atoms with Crippen LogP contribution in [0.2, 0.25) is 0 Å². The molecular weight excluding hydrogens is 993 g/mol. The third-order valence-electron chi connectivity index (χ3n) is 24.1. The molecule has 8 nitrogen and oxygen atoms in total. The minimum Gasteiger partial charge on any atom is -0.507 e. The summed E-state index contributed by atoms with van der Waals surface area (Å²) in [4.78, 5) is 39.3. The van der Waals surface area contributed by atoms with Crippen LogP contribution in [-0.4, -0.2) is 68.7 Å². The molecular formula is C68H96CrN2O6. The van der Waals surface area contributed by atoms with Crippen molar-refractivity contribution < 1.29 is 47.4 Å². The van der Waals surface area contributed by atoms with Gasteiger partial charge in [-0.05, 0) is 234 Å². The van der Waals surface area contributed by atoms with Crippen LogP contribution >= 0.6 is 0 Å². The van der Waals surface area contributed by atoms with E-state index in [1.165, 1.54) is 62.5 Å². The monoisotopic (exact) mass is 1090 g/mol. The van der Waals surface area contributed by atoms with Gasteiger partial charge in [-0.15, -0.1) is 0 Å². The van der Waals surface area contributed by atoms with E-state index in [9.17, 15) is 30.0 Å². The molecule has 77 heavy (non-hydrogen) atoms. The molecule has 18 atom stereocenters. The van der Waals surface area contributed by atoms with Gasteiger partial charge in [0.2, 0.25) is 0 Å². The van der Waals surface area contributed by atoms with E-state index in [2.05, 4.69) is 53.7 Å². The maximum Gasteiger partial charge on any atom is 0.135 e. The molecule has 0 radical (unpaired) electrons. The van der Waals surface area contributed by atoms with Crippen LogP contribution in [0.1, 0.15) is 205 Å². The SMILES string of the molecule is Cc1cccc(C=N[C@H](CC(=O)CC[C@H](C)C2CCC3C4CC=C5CC(O)CC[C@]5(C)C4CC[C@@]32C)[C@@H](CC(=O)CC[C@H](C)C2CCC3C4CC=C5CC(O)CC[C@]5(C)C4CC[C@@]32C)N=Cc2cccc(C)c2O)c1O.[Cr]. The summed E-state index contributed by atoms with van der Waals surface area (Å²) in [5.74, 6) is 6.65. The van der Waals surface area contributed by atoms with E-state index in [-0.39, 0.29) is 87.1 Å². The number of para-hydroxylation sites is 2. The van der Waals surface area contributed by atoms with E-state index in [0.29, 0.717) is 83.1 Å². The molecule has 2 aromatic rings. The van der Waals surface area contributed by atoms with Crippen molar-refractivity contribution in [1.82, 2.24) is 0 Å². The number of carbonyl (C=O) groups is 2. The molecule has 0 bridgehead atoms. The van der Waals surface area contributed by atoms with Crippen molar-refractivity contribution in [3.8, 4) is 11.5 Å². The number of hydrogen-bond donors (Lipinski definition) is 4. The van der Waals surface area contributed by atoms with Gasteiger partial charge >= 0.3 is 0 Å². The number of phenolic OH excluding ortho intramolecular Hbond substituents is 2. The van der Waals surface area contributed by atoms with Gasteiger partial charge in [0.25, 0.3) is 0 Å². The van der Waals surface area contributed by atoms with Crippen molar-refractivity contribution in [1.29, 1.82) is 0 Å². The molecule has 0 aromatic heterocycles. The second kappa shape index (κ2) is 23.3. The number of aliphatic hydroxyl groups excluding tert-OH is 2. The largest absolute Gasteiger partial charge is 0.507 e. The van der Waals surface area contributed by atoms with E-state index in [4.69, 9.17) is 9.98 Å². The molecule has 420 valence electrons. The van der Waals surface area contributed by atoms with Crippen molar-refractivity contribution in [2.75, 3.05) is 0 Å². The average Bonchev–Trinajstić information content (AvgIpc) is 4.08. The Morgan fingerprint density at radius 2 is 0.987 bits per heavy atom. The molecule has 9 heteroatoms. The van der Waals surface area contributed by atoms with Crippen LogP contribution in [0.3, 0.4) is 0 Å². The number of Topliss-reactive ketones (excluding diaryl/α,β-unsaturated/α-hetero) is 2. The zero-order valence-corrected chi connectivity index (χ0v) is 49.6. The normalized spacial score (nSPS) is 37.9. The van der Waals surface area contributed by atoms with Crippen molar-refractivity contribution >= 4 is 24.0 Å². The molecule has 4 N–H and O–H groups in total. The van der Waals surface area contributed by atoms with Crippen LogP contribution in [0.4, 0.5) is 0 Å². The van der Waals surface area contributed by atoms with Gasteiger partial charge in [-0.1, -0.05) is 89.1 Å². The quantitative estimate of drug-likeness (QED) is 0.0919. The van der Waals surface area contributed by atoms with Crippen LogP contribution in [0, 0.1) is 94.7 Å². The predicted octanol–water partition coefficient (Wildman–Crippen LogP) is 14.6. The van der Waals surface area contributed by atoms with Gasteiger partial charge < -0.3 is 20.4 Å². The van der Waals surface area contributed by atoms with Crippen LogP contribution in [0.25, 0.3) is 0 Å². The molecule has 0 heterocycles. The summed E-state index contributed by atoms with van der Waals surface area (Å²) in [5.41, 5.74) is 6.61. The number of benzene rings is 2. The van der Waals surface area contributed by atoms with Gasteiger partial charge in [-0.25, -0.2) is 0 Å². The van der Waals surface area contributed by atoms with Crippen LogP contribution in [0.15, 0.2) is 69.7 Å². The summed E-state index contributed by atoms with van der Waals surface area (Å²) in [6.45, 7) is 18.7. The minimum atomic E-state index is -0.647. The standard InChI is InChI=1S/C68H96N2O6.Cr/c1-41(55-23-25-57-53-21-17-47-35-51(73)27-31-65(47,5)59(53)29-33-67(55,57)7)15-19-49(71)37-61(69-39-45-13-9-11-43(3)63(45)75)62(70-40-46-14-10-12-44(4)64(46)76)38-50(72)20-16-42(2)56-24-26-58-54-22-18-48-36-52(74)28-32-66(48,6)60(54)30-34-68(56,58)8;/h9-14,17-18,39-42,51-62,73-76H,15-16,19-38H2,1-8H3;/t41-,42-,51?,52?,53?,54?,55?,56?,57?,58?,59?,60?,61+,62+,65-,66-,67+,68+;/m0./s1. The number of allylic oxidation sites excluding steroid dienone is 2. The van der Waals surface area contributed by atoms with E-state index in [1.54, 1.807) is 12.4 Å². The first-order valence-electron chi connectivity index (χ1n) is 30.7. The third-order valence-corrected chi connectivity index (χ3v) is 24.1. The number of aromatic hydroxyl groups is 2. The molecule has 6 saturated carbocycles. The Bertz CT molecular complexity index is 2430. The maximum atomic E-state index is 14.6. The predicted molar refractivity (Wildman–Crippen MR) is 307 cm³/mol. The molecule has 10 rings (SSSR count). The zero-order valence-electron chi connectivity index (χ0n) is 48.3. The van der Waals surface area contributed by atoms with Crippen molar-refractivity contribution in [2.45, 2.75) is 221 Å². The van der Waals surface area contributed by atoms with Crippen molar-refractivity contribution in [3.05, 3.63) is 82.0 Å². The summed E-state index contributed by atoms with van der Waals surface area (Å²) < 4.78 is 0. The molecule has 8 aliphatic rings. The molecule has 8 aliphatic carbocycles. The molecule has 0 saturated heterocycles. The van der Waals surface area contributed by atoms with E-state index < -0.39 is 12.1 Å². The Morgan fingerprint density at radius 3 is 1.39 bits per heavy atom. The first-order valence-corrected chi connectivity index (χ1v) is 30.7. The number of carbonyl (C=O) groups excluding carboxylic acids is 2. The van der Waals surface area contributed by atoms with Crippen molar-refractivity contribution in [3.63, 3.8) is 0 Å². The number of rotatable bonds is 17. The second-order valence-electron chi connectivity index (χ2n) is 28.0. The molecule has 2 aromatic carbocycles. The minimum absolute atomic E-state index is 0. The van der Waals surface area contributed by atoms with Crippen LogP contribution < -0.4 is 0 Å². The van der Waals surface area contributed by atoms with Crippen LogP contribution in [-0.2, 0) is 27.0 Å². The Kier molecular flexibility index (Phi) is 17.6. The number of phenols is 2. The molecule has 0 spiro atoms. The summed E-state index contributed by atoms with van der Waals surface area (Å²) >= 11 is 0. The first kappa shape index (κ1) is 58.3. The summed E-state index contributed by atoms with van der Waals surface area (Å²) in [7, 11) is 0. The van der Waals surface area contributed by atoms with Gasteiger partial charge in [0.15, 0.2) is 0 Å². The van der Waals surface area contributed by atoms with E-state index >= 15 is 0 Å². The first-order chi connectivity index (χ1) is 36.2. The molecule has 0 amide bonds. The van der Waals surface area contributed by atoms with E-state index in [0.717, 1.165) is 75.3 Å². The number of nitrogens with zero attached hydrogens (tertiary/aromatic N) is 2. The fourth-order valence-corrected chi connectivity index (χ4v) is 19.6. The number of aryl methyl sites for hydroxylation is 2. The number of aliphatic imine (C=N–C) groups is 2. The average molecular weight is 1090 g/mol. The number of fused-ring (bicyclic) bond motifs is 10. The van der Waals surface area contributed by atoms with Gasteiger partial charge in [-0.2, -0.15) is 0 Å². The molecule has 0 aliphatic heterocycles. The van der Waals surface area contributed by atoms with Gasteiger partial charge in [0.05, 0.1) is 24.3 Å². The summed E-state index contributed by atoms with van der Waals surface area (Å²) in [5, 5.41) is 43.3. The van der Waals surface area contributed by atoms with Gasteiger partial charge in [0.1, 0.15) is 23.1 Å². The van der Waals surface area contributed by atoms with Crippen molar-refractivity contribution in [2.24, 2.45) is 90.8 Å². The topological polar surface area (TPSA) is 140 Å². The second-order valence-corrected chi connectivity index (χ2v) is 28.0. The Morgan fingerprint density at radius 1 is 0.584 bits per heavy atom.